The Kier molecular flexibility index (Phi) is 3.18. The molecule has 0 radical (unpaired) electrons. The lowest BCUT2D eigenvalue weighted by atomic mass is 9.68. The first kappa shape index (κ1) is 11.2. The molecule has 0 aliphatic carbocycles. The summed E-state index contributed by atoms with van der Waals surface area (Å²) in [6, 6.07) is 8.88. The van der Waals surface area contributed by atoms with Crippen LogP contribution in [0.1, 0.15) is 37.3 Å². The first-order valence-electron chi connectivity index (χ1n) is 5.73. The van der Waals surface area contributed by atoms with Crippen LogP contribution in [0.3, 0.4) is 0 Å². The van der Waals surface area contributed by atoms with Crippen molar-refractivity contribution in [2.24, 2.45) is 0 Å². The van der Waals surface area contributed by atoms with Crippen LogP contribution in [0.15, 0.2) is 24.3 Å². The minimum atomic E-state index is 0.222. The Balaban J connectivity index is 2.42. The molecule has 3 heteroatoms. The fraction of sp³-hybridized carbons (Fsp3) is 0.500. The first-order chi connectivity index (χ1) is 7.13. The smallest absolute Gasteiger partial charge is 0.133 e. The molecule has 15 heavy (non-hydrogen) atoms. The van der Waals surface area contributed by atoms with Crippen molar-refractivity contribution in [2.75, 3.05) is 6.16 Å². The second kappa shape index (κ2) is 4.27. The molecule has 1 saturated heterocycles. The predicted octanol–water partition coefficient (Wildman–Crippen LogP) is 2.18. The van der Waals surface area contributed by atoms with Crippen LogP contribution >= 0.6 is 8.73 Å². The normalized spacial score (nSPS) is 27.7. The van der Waals surface area contributed by atoms with Crippen LogP contribution in [0.5, 0.6) is 0 Å². The quantitative estimate of drug-likeness (QED) is 0.593. The van der Waals surface area contributed by atoms with Gasteiger partial charge in [0.05, 0.1) is 0 Å². The molecule has 1 aliphatic heterocycles. The van der Waals surface area contributed by atoms with Crippen molar-refractivity contribution in [3.63, 3.8) is 0 Å². The molecule has 80 valence electrons. The second-order valence-corrected chi connectivity index (χ2v) is 5.98. The van der Waals surface area contributed by atoms with E-state index in [4.69, 9.17) is 0 Å². The van der Waals surface area contributed by atoms with Gasteiger partial charge in [0.2, 0.25) is 0 Å². The Labute approximate surface area is 95.3 Å². The number of benzene rings is 1. The summed E-state index contributed by atoms with van der Waals surface area (Å²) in [5, 5.41) is 3.67. The zero-order valence-corrected chi connectivity index (χ0v) is 10.8. The van der Waals surface area contributed by atoms with Crippen molar-refractivity contribution < 1.29 is 0 Å². The van der Waals surface area contributed by atoms with Gasteiger partial charge in [-0.2, -0.15) is 0 Å². The molecular formula is C12H19BNP. The van der Waals surface area contributed by atoms with E-state index in [9.17, 15) is 0 Å². The van der Waals surface area contributed by atoms with Crippen molar-refractivity contribution in [2.45, 2.75) is 31.6 Å². The highest BCUT2D eigenvalue weighted by Crippen LogP contribution is 2.37. The van der Waals surface area contributed by atoms with E-state index in [0.717, 1.165) is 8.73 Å². The van der Waals surface area contributed by atoms with E-state index in [1.807, 2.05) is 0 Å². The fourth-order valence-corrected chi connectivity index (χ4v) is 3.74. The molecule has 0 bridgehead atoms. The summed E-state index contributed by atoms with van der Waals surface area (Å²) in [5.41, 5.74) is 3.23. The first-order valence-corrected chi connectivity index (χ1v) is 6.93. The summed E-state index contributed by atoms with van der Waals surface area (Å²) in [6.07, 6.45) is 2.60. The van der Waals surface area contributed by atoms with Gasteiger partial charge >= 0.3 is 0 Å². The molecule has 1 aromatic carbocycles. The minimum Gasteiger partial charge on any atom is -0.296 e. The topological polar surface area (TPSA) is 12.0 Å². The van der Waals surface area contributed by atoms with E-state index < -0.39 is 0 Å². The van der Waals surface area contributed by atoms with Crippen LogP contribution in [0.2, 0.25) is 0 Å². The van der Waals surface area contributed by atoms with E-state index >= 15 is 0 Å². The summed E-state index contributed by atoms with van der Waals surface area (Å²) in [7, 11) is 3.27. The van der Waals surface area contributed by atoms with Crippen LogP contribution in [0.25, 0.3) is 0 Å². The summed E-state index contributed by atoms with van der Waals surface area (Å²) in [6.45, 7) is 4.55. The summed E-state index contributed by atoms with van der Waals surface area (Å²) in [4.78, 5) is 0. The lowest BCUT2D eigenvalue weighted by Gasteiger charge is -2.29. The van der Waals surface area contributed by atoms with Crippen LogP contribution in [0.4, 0.5) is 0 Å². The van der Waals surface area contributed by atoms with Gasteiger partial charge < -0.3 is 0 Å². The number of rotatable bonds is 2. The SMILES string of the molecule is BC1(c2ccccc2C(C)C)CCPN1. The Bertz CT molecular complexity index is 345. The summed E-state index contributed by atoms with van der Waals surface area (Å²) >= 11 is 0. The molecule has 0 spiro atoms. The molecule has 1 aromatic rings. The van der Waals surface area contributed by atoms with Crippen LogP contribution in [-0.4, -0.2) is 14.0 Å². The third-order valence-corrected chi connectivity index (χ3v) is 4.52. The van der Waals surface area contributed by atoms with Crippen LogP contribution < -0.4 is 5.09 Å². The molecule has 1 nitrogen and oxygen atoms in total. The lowest BCUT2D eigenvalue weighted by Crippen LogP contribution is -2.35. The second-order valence-electron chi connectivity index (χ2n) is 4.88. The Hall–Kier alpha value is -0.325. The molecule has 2 atom stereocenters. The van der Waals surface area contributed by atoms with Crippen molar-refractivity contribution >= 4 is 16.6 Å². The number of hydrogen-bond donors (Lipinski definition) is 1. The average molecular weight is 219 g/mol. The molecule has 1 N–H and O–H groups in total. The Morgan fingerprint density at radius 2 is 2.13 bits per heavy atom. The van der Waals surface area contributed by atoms with Gasteiger partial charge in [0, 0.05) is 5.44 Å². The maximum atomic E-state index is 3.67. The molecule has 0 amide bonds. The highest BCUT2D eigenvalue weighted by molar-refractivity contribution is 7.36. The zero-order chi connectivity index (χ0) is 10.9. The monoisotopic (exact) mass is 219 g/mol. The van der Waals surface area contributed by atoms with Crippen molar-refractivity contribution in [3.05, 3.63) is 35.4 Å². The van der Waals surface area contributed by atoms with E-state index in [0.29, 0.717) is 5.92 Å². The summed E-state index contributed by atoms with van der Waals surface area (Å²) < 4.78 is 0. The number of nitrogens with one attached hydrogen (secondary N) is 1. The van der Waals surface area contributed by atoms with Gasteiger partial charge in [-0.25, -0.2) is 0 Å². The molecule has 1 fully saturated rings. The molecule has 0 aromatic heterocycles. The van der Waals surface area contributed by atoms with Gasteiger partial charge in [0.25, 0.3) is 0 Å². The molecule has 1 aliphatic rings. The fourth-order valence-electron chi connectivity index (χ4n) is 2.34. The van der Waals surface area contributed by atoms with E-state index in [1.165, 1.54) is 23.7 Å². The van der Waals surface area contributed by atoms with E-state index in [1.54, 1.807) is 0 Å². The van der Waals surface area contributed by atoms with Gasteiger partial charge in [-0.15, -0.1) is 0 Å². The zero-order valence-electron chi connectivity index (χ0n) is 9.80. The van der Waals surface area contributed by atoms with Gasteiger partial charge in [-0.1, -0.05) is 46.8 Å². The third-order valence-electron chi connectivity index (χ3n) is 3.29. The number of hydrogen-bond acceptors (Lipinski definition) is 1. The molecule has 1 heterocycles. The van der Waals surface area contributed by atoms with Crippen molar-refractivity contribution in [1.29, 1.82) is 0 Å². The summed E-state index contributed by atoms with van der Waals surface area (Å²) in [5.74, 6) is 0.615. The molecule has 2 rings (SSSR count). The standard InChI is InChI=1S/C12H19BNP/c1-9(2)10-5-3-4-6-11(10)12(13)7-8-15-14-12/h3-6,9,14-15H,7-8,13H2,1-2H3. The van der Waals surface area contributed by atoms with Crippen molar-refractivity contribution in [3.8, 4) is 0 Å². The maximum Gasteiger partial charge on any atom is 0.133 e. The Morgan fingerprint density at radius 1 is 1.40 bits per heavy atom. The lowest BCUT2D eigenvalue weighted by molar-refractivity contribution is 0.592. The van der Waals surface area contributed by atoms with Crippen molar-refractivity contribution in [1.82, 2.24) is 5.09 Å². The van der Waals surface area contributed by atoms with E-state index in [-0.39, 0.29) is 5.44 Å². The Morgan fingerprint density at radius 3 is 2.73 bits per heavy atom. The van der Waals surface area contributed by atoms with E-state index in [2.05, 4.69) is 51.0 Å². The van der Waals surface area contributed by atoms with Crippen LogP contribution in [-0.2, 0) is 5.44 Å². The molecular weight excluding hydrogens is 200 g/mol. The van der Waals surface area contributed by atoms with Gasteiger partial charge in [0.15, 0.2) is 0 Å². The maximum absolute atomic E-state index is 3.67. The van der Waals surface area contributed by atoms with Gasteiger partial charge in [-0.05, 0) is 29.6 Å². The third kappa shape index (κ3) is 2.12. The van der Waals surface area contributed by atoms with Crippen LogP contribution in [0, 0.1) is 0 Å². The minimum absolute atomic E-state index is 0.222. The largest absolute Gasteiger partial charge is 0.296 e. The van der Waals surface area contributed by atoms with Gasteiger partial charge in [0.1, 0.15) is 7.85 Å². The highest BCUT2D eigenvalue weighted by atomic mass is 31.1. The molecule has 0 saturated carbocycles. The molecule has 2 unspecified atom stereocenters. The average Bonchev–Trinajstić information content (AvgIpc) is 2.66. The van der Waals surface area contributed by atoms with Gasteiger partial charge in [-0.3, -0.25) is 5.09 Å². The predicted molar refractivity (Wildman–Crippen MR) is 71.7 cm³/mol. The highest BCUT2D eigenvalue weighted by Gasteiger charge is 2.31.